The molecule has 2 nitrogen and oxygen atoms in total. The highest BCUT2D eigenvalue weighted by atomic mass is 16.5. The van der Waals surface area contributed by atoms with Gasteiger partial charge >= 0.3 is 5.97 Å². The van der Waals surface area contributed by atoms with Gasteiger partial charge in [0.05, 0.1) is 0 Å². The molecule has 0 heterocycles. The highest BCUT2D eigenvalue weighted by Crippen LogP contribution is 2.14. The summed E-state index contributed by atoms with van der Waals surface area (Å²) in [7, 11) is 0. The second-order valence-corrected chi connectivity index (χ2v) is 5.87. The van der Waals surface area contributed by atoms with E-state index in [0.717, 1.165) is 18.4 Å². The van der Waals surface area contributed by atoms with Crippen molar-refractivity contribution in [1.29, 1.82) is 0 Å². The van der Waals surface area contributed by atoms with Crippen LogP contribution in [-0.2, 0) is 4.79 Å². The molecule has 1 aromatic rings. The average molecular weight is 290 g/mol. The normalized spacial score (nSPS) is 10.6. The van der Waals surface area contributed by atoms with Crippen molar-refractivity contribution >= 4 is 5.97 Å². The molecule has 0 aromatic heterocycles. The third kappa shape index (κ3) is 9.28. The van der Waals surface area contributed by atoms with Crippen molar-refractivity contribution in [2.24, 2.45) is 0 Å². The van der Waals surface area contributed by atoms with Crippen molar-refractivity contribution in [3.63, 3.8) is 0 Å². The van der Waals surface area contributed by atoms with Gasteiger partial charge < -0.3 is 4.74 Å². The summed E-state index contributed by atoms with van der Waals surface area (Å²) in [6, 6.07) is 7.64. The minimum atomic E-state index is -0.108. The van der Waals surface area contributed by atoms with Gasteiger partial charge in [0.15, 0.2) is 0 Å². The SMILES string of the molecule is CCCCCCCCCCCC(=O)Oc1cccc(C)c1. The van der Waals surface area contributed by atoms with Crippen molar-refractivity contribution < 1.29 is 9.53 Å². The van der Waals surface area contributed by atoms with Crippen LogP contribution < -0.4 is 4.74 Å². The summed E-state index contributed by atoms with van der Waals surface area (Å²) in [5, 5.41) is 0. The second-order valence-electron chi connectivity index (χ2n) is 5.87. The predicted molar refractivity (Wildman–Crippen MR) is 88.7 cm³/mol. The molecule has 0 saturated carbocycles. The molecule has 0 spiro atoms. The first kappa shape index (κ1) is 17.7. The molecular formula is C19H30O2. The molecule has 118 valence electrons. The van der Waals surface area contributed by atoms with E-state index in [1.54, 1.807) is 0 Å². The van der Waals surface area contributed by atoms with Gasteiger partial charge in [0.25, 0.3) is 0 Å². The standard InChI is InChI=1S/C19H30O2/c1-3-4-5-6-7-8-9-10-11-15-19(20)21-18-14-12-13-17(2)16-18/h12-14,16H,3-11,15H2,1-2H3. The molecule has 1 rings (SSSR count). The Balaban J connectivity index is 1.99. The van der Waals surface area contributed by atoms with Crippen molar-refractivity contribution in [2.75, 3.05) is 0 Å². The van der Waals surface area contributed by atoms with Crippen molar-refractivity contribution in [1.82, 2.24) is 0 Å². The summed E-state index contributed by atoms with van der Waals surface area (Å²) in [6.07, 6.45) is 11.9. The molecule has 0 amide bonds. The lowest BCUT2D eigenvalue weighted by Crippen LogP contribution is -2.07. The fourth-order valence-electron chi connectivity index (χ4n) is 2.44. The molecule has 0 N–H and O–H groups in total. The van der Waals surface area contributed by atoms with Crippen molar-refractivity contribution in [3.8, 4) is 5.75 Å². The number of carbonyl (C=O) groups is 1. The molecule has 1 aromatic carbocycles. The Hall–Kier alpha value is -1.31. The van der Waals surface area contributed by atoms with E-state index in [2.05, 4.69) is 6.92 Å². The van der Waals surface area contributed by atoms with E-state index in [1.165, 1.54) is 44.9 Å². The van der Waals surface area contributed by atoms with Crippen LogP contribution in [0.1, 0.15) is 76.7 Å². The molecule has 2 heteroatoms. The number of ether oxygens (including phenoxy) is 1. The van der Waals surface area contributed by atoms with Gasteiger partial charge in [-0.05, 0) is 31.0 Å². The van der Waals surface area contributed by atoms with Crippen LogP contribution in [0.25, 0.3) is 0 Å². The maximum absolute atomic E-state index is 11.7. The Morgan fingerprint density at radius 2 is 1.57 bits per heavy atom. The van der Waals surface area contributed by atoms with E-state index in [1.807, 2.05) is 31.2 Å². The largest absolute Gasteiger partial charge is 0.427 e. The Labute approximate surface area is 129 Å². The maximum Gasteiger partial charge on any atom is 0.311 e. The lowest BCUT2D eigenvalue weighted by Gasteiger charge is -2.05. The number of unbranched alkanes of at least 4 members (excludes halogenated alkanes) is 8. The highest BCUT2D eigenvalue weighted by molar-refractivity contribution is 5.72. The smallest absolute Gasteiger partial charge is 0.311 e. The van der Waals surface area contributed by atoms with Crippen LogP contribution in [0.2, 0.25) is 0 Å². The average Bonchev–Trinajstić information content (AvgIpc) is 2.45. The summed E-state index contributed by atoms with van der Waals surface area (Å²) in [6.45, 7) is 4.24. The van der Waals surface area contributed by atoms with Crippen LogP contribution in [0, 0.1) is 6.92 Å². The summed E-state index contributed by atoms with van der Waals surface area (Å²) in [4.78, 5) is 11.7. The third-order valence-electron chi connectivity index (χ3n) is 3.71. The maximum atomic E-state index is 11.7. The van der Waals surface area contributed by atoms with Gasteiger partial charge in [-0.2, -0.15) is 0 Å². The zero-order valence-corrected chi connectivity index (χ0v) is 13.7. The third-order valence-corrected chi connectivity index (χ3v) is 3.71. The van der Waals surface area contributed by atoms with Gasteiger partial charge in [-0.15, -0.1) is 0 Å². The zero-order chi connectivity index (χ0) is 15.3. The Bertz CT molecular complexity index is 398. The van der Waals surface area contributed by atoms with Gasteiger partial charge in [-0.25, -0.2) is 0 Å². The molecule has 0 saturated heterocycles. The van der Waals surface area contributed by atoms with Crippen LogP contribution >= 0.6 is 0 Å². The van der Waals surface area contributed by atoms with Gasteiger partial charge in [0, 0.05) is 6.42 Å². The van der Waals surface area contributed by atoms with Gasteiger partial charge in [-0.1, -0.05) is 70.4 Å². The van der Waals surface area contributed by atoms with E-state index in [-0.39, 0.29) is 5.97 Å². The van der Waals surface area contributed by atoms with E-state index >= 15 is 0 Å². The van der Waals surface area contributed by atoms with Gasteiger partial charge in [0.2, 0.25) is 0 Å². The highest BCUT2D eigenvalue weighted by Gasteiger charge is 2.04. The quantitative estimate of drug-likeness (QED) is 0.291. The molecule has 0 radical (unpaired) electrons. The molecule has 0 aliphatic carbocycles. The first-order chi connectivity index (χ1) is 10.2. The summed E-state index contributed by atoms with van der Waals surface area (Å²) < 4.78 is 5.33. The van der Waals surface area contributed by atoms with Crippen LogP contribution in [0.15, 0.2) is 24.3 Å². The fraction of sp³-hybridized carbons (Fsp3) is 0.632. The lowest BCUT2D eigenvalue weighted by molar-refractivity contribution is -0.134. The molecule has 0 bridgehead atoms. The number of esters is 1. The van der Waals surface area contributed by atoms with E-state index < -0.39 is 0 Å². The lowest BCUT2D eigenvalue weighted by atomic mass is 10.1. The van der Waals surface area contributed by atoms with E-state index in [0.29, 0.717) is 12.2 Å². The Kier molecular flexibility index (Phi) is 9.60. The molecule has 0 aliphatic rings. The number of benzene rings is 1. The zero-order valence-electron chi connectivity index (χ0n) is 13.7. The number of hydrogen-bond acceptors (Lipinski definition) is 2. The van der Waals surface area contributed by atoms with Crippen LogP contribution in [0.5, 0.6) is 5.75 Å². The van der Waals surface area contributed by atoms with Crippen LogP contribution in [0.4, 0.5) is 0 Å². The molecular weight excluding hydrogens is 260 g/mol. The van der Waals surface area contributed by atoms with Crippen molar-refractivity contribution in [2.45, 2.75) is 78.1 Å². The minimum Gasteiger partial charge on any atom is -0.427 e. The van der Waals surface area contributed by atoms with Gasteiger partial charge in [0.1, 0.15) is 5.75 Å². The Morgan fingerprint density at radius 3 is 2.19 bits per heavy atom. The number of rotatable bonds is 11. The topological polar surface area (TPSA) is 26.3 Å². The van der Waals surface area contributed by atoms with Crippen LogP contribution in [-0.4, -0.2) is 5.97 Å². The van der Waals surface area contributed by atoms with Crippen LogP contribution in [0.3, 0.4) is 0 Å². The van der Waals surface area contributed by atoms with Gasteiger partial charge in [-0.3, -0.25) is 4.79 Å². The number of carbonyl (C=O) groups excluding carboxylic acids is 1. The molecule has 0 unspecified atom stereocenters. The summed E-state index contributed by atoms with van der Waals surface area (Å²) in [5.41, 5.74) is 1.11. The van der Waals surface area contributed by atoms with E-state index in [9.17, 15) is 4.79 Å². The number of aryl methyl sites for hydroxylation is 1. The monoisotopic (exact) mass is 290 g/mol. The molecule has 0 fully saturated rings. The summed E-state index contributed by atoms with van der Waals surface area (Å²) >= 11 is 0. The van der Waals surface area contributed by atoms with Crippen molar-refractivity contribution in [3.05, 3.63) is 29.8 Å². The minimum absolute atomic E-state index is 0.108. The van der Waals surface area contributed by atoms with E-state index in [4.69, 9.17) is 4.74 Å². The molecule has 21 heavy (non-hydrogen) atoms. The first-order valence-corrected chi connectivity index (χ1v) is 8.49. The Morgan fingerprint density at radius 1 is 0.952 bits per heavy atom. The summed E-state index contributed by atoms with van der Waals surface area (Å²) in [5.74, 6) is 0.555. The number of hydrogen-bond donors (Lipinski definition) is 0. The fourth-order valence-corrected chi connectivity index (χ4v) is 2.44. The second kappa shape index (κ2) is 11.4. The first-order valence-electron chi connectivity index (χ1n) is 8.49. The molecule has 0 atom stereocenters. The molecule has 0 aliphatic heterocycles. The predicted octanol–water partition coefficient (Wildman–Crippen LogP) is 5.82.